The standard InChI is InChI=1S/C17H16N2O3/c1-12(17(19)20)22-16-8-6-15(7-9-16)21-11-14-4-2-13(10-18)3-5-14/h2-9,12H,11H2,1H3,(H2,19,20)/t12-/m0/s1. The minimum absolute atomic E-state index is 0.406. The van der Waals surface area contributed by atoms with Gasteiger partial charge in [-0.2, -0.15) is 5.26 Å². The summed E-state index contributed by atoms with van der Waals surface area (Å²) in [5.41, 5.74) is 6.73. The number of hydrogen-bond acceptors (Lipinski definition) is 4. The SMILES string of the molecule is C[C@H](Oc1ccc(OCc2ccc(C#N)cc2)cc1)C(N)=O. The summed E-state index contributed by atoms with van der Waals surface area (Å²) in [6.45, 7) is 2.00. The van der Waals surface area contributed by atoms with E-state index in [2.05, 4.69) is 6.07 Å². The van der Waals surface area contributed by atoms with Crippen molar-refractivity contribution in [3.05, 3.63) is 59.7 Å². The molecule has 2 N–H and O–H groups in total. The van der Waals surface area contributed by atoms with Crippen molar-refractivity contribution in [2.75, 3.05) is 0 Å². The topological polar surface area (TPSA) is 85.3 Å². The first kappa shape index (κ1) is 15.4. The zero-order valence-electron chi connectivity index (χ0n) is 12.2. The monoisotopic (exact) mass is 296 g/mol. The summed E-state index contributed by atoms with van der Waals surface area (Å²) < 4.78 is 11.0. The van der Waals surface area contributed by atoms with Gasteiger partial charge in [-0.25, -0.2) is 0 Å². The summed E-state index contributed by atoms with van der Waals surface area (Å²) in [4.78, 5) is 10.9. The van der Waals surface area contributed by atoms with E-state index < -0.39 is 12.0 Å². The predicted octanol–water partition coefficient (Wildman–Crippen LogP) is 2.39. The molecule has 0 bridgehead atoms. The van der Waals surface area contributed by atoms with Crippen molar-refractivity contribution in [2.24, 2.45) is 5.73 Å². The van der Waals surface area contributed by atoms with Gasteiger partial charge in [0.05, 0.1) is 11.6 Å². The number of nitrogens with zero attached hydrogens (tertiary/aromatic N) is 1. The molecule has 0 aliphatic carbocycles. The first-order chi connectivity index (χ1) is 10.6. The molecule has 112 valence electrons. The third kappa shape index (κ3) is 4.25. The van der Waals surface area contributed by atoms with E-state index in [4.69, 9.17) is 20.5 Å². The molecule has 0 unspecified atom stereocenters. The Balaban J connectivity index is 1.91. The number of amides is 1. The van der Waals surface area contributed by atoms with Gasteiger partial charge in [0.15, 0.2) is 6.10 Å². The number of carbonyl (C=O) groups excluding carboxylic acids is 1. The molecule has 0 saturated heterocycles. The summed E-state index contributed by atoms with van der Waals surface area (Å²) in [7, 11) is 0. The average molecular weight is 296 g/mol. The maximum absolute atomic E-state index is 10.9. The van der Waals surface area contributed by atoms with Crippen LogP contribution in [0.25, 0.3) is 0 Å². The Morgan fingerprint density at radius 3 is 2.27 bits per heavy atom. The highest BCUT2D eigenvalue weighted by atomic mass is 16.5. The van der Waals surface area contributed by atoms with Crippen molar-refractivity contribution >= 4 is 5.91 Å². The molecule has 0 radical (unpaired) electrons. The number of ether oxygens (including phenoxy) is 2. The van der Waals surface area contributed by atoms with E-state index in [1.165, 1.54) is 0 Å². The molecule has 0 saturated carbocycles. The largest absolute Gasteiger partial charge is 0.489 e. The Labute approximate surface area is 128 Å². The Kier molecular flexibility index (Phi) is 4.99. The number of primary amides is 1. The van der Waals surface area contributed by atoms with Crippen molar-refractivity contribution in [3.63, 3.8) is 0 Å². The van der Waals surface area contributed by atoms with Crippen LogP contribution in [-0.2, 0) is 11.4 Å². The molecule has 2 rings (SSSR count). The lowest BCUT2D eigenvalue weighted by molar-refractivity contribution is -0.123. The fourth-order valence-corrected chi connectivity index (χ4v) is 1.72. The molecule has 0 spiro atoms. The smallest absolute Gasteiger partial charge is 0.258 e. The lowest BCUT2D eigenvalue weighted by Crippen LogP contribution is -2.30. The van der Waals surface area contributed by atoms with Crippen LogP contribution in [-0.4, -0.2) is 12.0 Å². The number of hydrogen-bond donors (Lipinski definition) is 1. The summed E-state index contributed by atoms with van der Waals surface area (Å²) in [6.07, 6.45) is -0.676. The van der Waals surface area contributed by atoms with Gasteiger partial charge in [-0.05, 0) is 48.9 Å². The minimum Gasteiger partial charge on any atom is -0.489 e. The zero-order valence-corrected chi connectivity index (χ0v) is 12.2. The van der Waals surface area contributed by atoms with E-state index in [9.17, 15) is 4.79 Å². The maximum Gasteiger partial charge on any atom is 0.258 e. The summed E-state index contributed by atoms with van der Waals surface area (Å²) in [5, 5.41) is 8.74. The molecule has 1 atom stereocenters. The van der Waals surface area contributed by atoms with Crippen LogP contribution in [0.3, 0.4) is 0 Å². The maximum atomic E-state index is 10.9. The minimum atomic E-state index is -0.676. The van der Waals surface area contributed by atoms with Gasteiger partial charge in [-0.15, -0.1) is 0 Å². The van der Waals surface area contributed by atoms with Crippen molar-refractivity contribution in [1.29, 1.82) is 5.26 Å². The van der Waals surface area contributed by atoms with Crippen LogP contribution in [0, 0.1) is 11.3 Å². The van der Waals surface area contributed by atoms with Crippen LogP contribution in [0.1, 0.15) is 18.1 Å². The second kappa shape index (κ2) is 7.14. The van der Waals surface area contributed by atoms with Gasteiger partial charge in [-0.3, -0.25) is 4.79 Å². The molecule has 0 aliphatic rings. The van der Waals surface area contributed by atoms with Crippen LogP contribution in [0.2, 0.25) is 0 Å². The van der Waals surface area contributed by atoms with Gasteiger partial charge in [0.1, 0.15) is 18.1 Å². The molecule has 5 nitrogen and oxygen atoms in total. The number of rotatable bonds is 6. The molecule has 0 heterocycles. The number of benzene rings is 2. The third-order valence-electron chi connectivity index (χ3n) is 3.03. The number of nitrogens with two attached hydrogens (primary N) is 1. The highest BCUT2D eigenvalue weighted by molar-refractivity contribution is 5.78. The molecule has 5 heteroatoms. The number of carbonyl (C=O) groups is 1. The van der Waals surface area contributed by atoms with Crippen LogP contribution < -0.4 is 15.2 Å². The molecule has 0 fully saturated rings. The van der Waals surface area contributed by atoms with Crippen molar-refractivity contribution in [2.45, 2.75) is 19.6 Å². The highest BCUT2D eigenvalue weighted by Crippen LogP contribution is 2.19. The third-order valence-corrected chi connectivity index (χ3v) is 3.03. The van der Waals surface area contributed by atoms with Gasteiger partial charge >= 0.3 is 0 Å². The van der Waals surface area contributed by atoms with Gasteiger partial charge in [-0.1, -0.05) is 12.1 Å². The van der Waals surface area contributed by atoms with Crippen molar-refractivity contribution < 1.29 is 14.3 Å². The van der Waals surface area contributed by atoms with Crippen molar-refractivity contribution in [3.8, 4) is 17.6 Å². The molecule has 2 aromatic rings. The number of nitriles is 1. The fourth-order valence-electron chi connectivity index (χ4n) is 1.72. The van der Waals surface area contributed by atoms with Gasteiger partial charge in [0.25, 0.3) is 5.91 Å². The van der Waals surface area contributed by atoms with E-state index in [-0.39, 0.29) is 0 Å². The zero-order chi connectivity index (χ0) is 15.9. The molecular formula is C17H16N2O3. The first-order valence-electron chi connectivity index (χ1n) is 6.76. The fraction of sp³-hybridized carbons (Fsp3) is 0.176. The van der Waals surface area contributed by atoms with Gasteiger partial charge < -0.3 is 15.2 Å². The summed E-state index contributed by atoms with van der Waals surface area (Å²) >= 11 is 0. The Morgan fingerprint density at radius 2 is 1.73 bits per heavy atom. The first-order valence-corrected chi connectivity index (χ1v) is 6.76. The van der Waals surface area contributed by atoms with Crippen LogP contribution in [0.5, 0.6) is 11.5 Å². The second-order valence-corrected chi connectivity index (χ2v) is 4.73. The molecule has 0 aromatic heterocycles. The molecule has 1 amide bonds. The van der Waals surface area contributed by atoms with E-state index in [0.717, 1.165) is 5.56 Å². The molecular weight excluding hydrogens is 280 g/mol. The van der Waals surface area contributed by atoms with Gasteiger partial charge in [0.2, 0.25) is 0 Å². The van der Waals surface area contributed by atoms with Crippen LogP contribution >= 0.6 is 0 Å². The average Bonchev–Trinajstić information content (AvgIpc) is 2.54. The van der Waals surface area contributed by atoms with Crippen molar-refractivity contribution in [1.82, 2.24) is 0 Å². The quantitative estimate of drug-likeness (QED) is 0.886. The Hall–Kier alpha value is -3.00. The molecule has 2 aromatic carbocycles. The van der Waals surface area contributed by atoms with Gasteiger partial charge in [0, 0.05) is 0 Å². The van der Waals surface area contributed by atoms with E-state index in [1.807, 2.05) is 12.1 Å². The van der Waals surface area contributed by atoms with Crippen LogP contribution in [0.15, 0.2) is 48.5 Å². The van der Waals surface area contributed by atoms with E-state index in [0.29, 0.717) is 23.7 Å². The Bertz CT molecular complexity index is 673. The van der Waals surface area contributed by atoms with E-state index >= 15 is 0 Å². The lowest BCUT2D eigenvalue weighted by Gasteiger charge is -2.12. The summed E-state index contributed by atoms with van der Waals surface area (Å²) in [6, 6.07) is 16.2. The van der Waals surface area contributed by atoms with E-state index in [1.54, 1.807) is 43.3 Å². The normalized spacial score (nSPS) is 11.3. The van der Waals surface area contributed by atoms with Crippen LogP contribution in [0.4, 0.5) is 0 Å². The highest BCUT2D eigenvalue weighted by Gasteiger charge is 2.09. The second-order valence-electron chi connectivity index (χ2n) is 4.73. The molecule has 0 aliphatic heterocycles. The molecule has 22 heavy (non-hydrogen) atoms. The summed E-state index contributed by atoms with van der Waals surface area (Å²) in [5.74, 6) is 0.724. The Morgan fingerprint density at radius 1 is 1.14 bits per heavy atom. The lowest BCUT2D eigenvalue weighted by atomic mass is 10.2. The predicted molar refractivity (Wildman–Crippen MR) is 81.2 cm³/mol.